The van der Waals surface area contributed by atoms with Gasteiger partial charge in [-0.3, -0.25) is 4.79 Å². The van der Waals surface area contributed by atoms with E-state index in [2.05, 4.69) is 0 Å². The van der Waals surface area contributed by atoms with Gasteiger partial charge >= 0.3 is 5.97 Å². The van der Waals surface area contributed by atoms with E-state index < -0.39 is 28.3 Å². The first-order valence-electron chi connectivity index (χ1n) is 4.37. The molecule has 0 bridgehead atoms. The number of nitrogens with zero attached hydrogens (tertiary/aromatic N) is 2. The lowest BCUT2D eigenvalue weighted by Crippen LogP contribution is -2.46. The Bertz CT molecular complexity index is 352. The quantitative estimate of drug-likeness (QED) is 0.611. The molecule has 1 heterocycles. The SMILES string of the molecule is CN(C)S(=O)(=O)N1CC(O)CC1C(=O)O. The third kappa shape index (κ3) is 2.28. The van der Waals surface area contributed by atoms with Gasteiger partial charge in [0, 0.05) is 27.1 Å². The van der Waals surface area contributed by atoms with Crippen LogP contribution in [0.3, 0.4) is 0 Å². The molecule has 2 N–H and O–H groups in total. The van der Waals surface area contributed by atoms with Crippen molar-refractivity contribution in [3.63, 3.8) is 0 Å². The van der Waals surface area contributed by atoms with Crippen LogP contribution >= 0.6 is 0 Å². The number of carboxylic acids is 1. The summed E-state index contributed by atoms with van der Waals surface area (Å²) in [6.45, 7) is -0.169. The van der Waals surface area contributed by atoms with E-state index in [4.69, 9.17) is 5.11 Å². The van der Waals surface area contributed by atoms with Gasteiger partial charge in [0.2, 0.25) is 0 Å². The summed E-state index contributed by atoms with van der Waals surface area (Å²) in [6.07, 6.45) is -0.983. The summed E-state index contributed by atoms with van der Waals surface area (Å²) in [6, 6.07) is -1.17. The van der Waals surface area contributed by atoms with E-state index in [1.54, 1.807) is 0 Å². The highest BCUT2D eigenvalue weighted by molar-refractivity contribution is 7.86. The molecule has 0 aromatic rings. The predicted octanol–water partition coefficient (Wildman–Crippen LogP) is -1.69. The van der Waals surface area contributed by atoms with E-state index >= 15 is 0 Å². The number of carbonyl (C=O) groups is 1. The number of aliphatic hydroxyl groups excluding tert-OH is 1. The highest BCUT2D eigenvalue weighted by Gasteiger charge is 2.43. The van der Waals surface area contributed by atoms with Crippen LogP contribution in [0.2, 0.25) is 0 Å². The van der Waals surface area contributed by atoms with Crippen molar-refractivity contribution < 1.29 is 23.4 Å². The molecule has 7 nitrogen and oxygen atoms in total. The Hall–Kier alpha value is -0.700. The van der Waals surface area contributed by atoms with Crippen molar-refractivity contribution in [2.24, 2.45) is 0 Å². The molecule has 15 heavy (non-hydrogen) atoms. The number of hydrogen-bond donors (Lipinski definition) is 2. The zero-order valence-electron chi connectivity index (χ0n) is 8.49. The van der Waals surface area contributed by atoms with E-state index in [9.17, 15) is 18.3 Å². The van der Waals surface area contributed by atoms with Crippen LogP contribution in [0.15, 0.2) is 0 Å². The van der Waals surface area contributed by atoms with Gasteiger partial charge in [-0.05, 0) is 0 Å². The number of aliphatic carboxylic acids is 1. The second kappa shape index (κ2) is 4.05. The van der Waals surface area contributed by atoms with E-state index in [1.165, 1.54) is 14.1 Å². The molecule has 0 saturated carbocycles. The summed E-state index contributed by atoms with van der Waals surface area (Å²) in [7, 11) is -1.14. The molecular weight excluding hydrogens is 224 g/mol. The Morgan fingerprint density at radius 1 is 1.47 bits per heavy atom. The molecule has 1 rings (SSSR count). The van der Waals surface area contributed by atoms with Crippen molar-refractivity contribution in [2.45, 2.75) is 18.6 Å². The highest BCUT2D eigenvalue weighted by atomic mass is 32.2. The average molecular weight is 238 g/mol. The van der Waals surface area contributed by atoms with E-state index in [0.29, 0.717) is 0 Å². The van der Waals surface area contributed by atoms with Gasteiger partial charge < -0.3 is 10.2 Å². The van der Waals surface area contributed by atoms with Crippen molar-refractivity contribution in [1.29, 1.82) is 0 Å². The Morgan fingerprint density at radius 2 is 2.00 bits per heavy atom. The second-order valence-corrected chi connectivity index (χ2v) is 5.70. The van der Waals surface area contributed by atoms with Gasteiger partial charge in [0.25, 0.3) is 10.2 Å². The first-order valence-corrected chi connectivity index (χ1v) is 5.76. The van der Waals surface area contributed by atoms with Crippen LogP contribution in [0.25, 0.3) is 0 Å². The van der Waals surface area contributed by atoms with Crippen LogP contribution in [0, 0.1) is 0 Å². The van der Waals surface area contributed by atoms with Gasteiger partial charge in [0.1, 0.15) is 6.04 Å². The molecule has 0 aromatic carbocycles. The van der Waals surface area contributed by atoms with Gasteiger partial charge in [0.05, 0.1) is 6.10 Å². The van der Waals surface area contributed by atoms with Crippen molar-refractivity contribution in [2.75, 3.05) is 20.6 Å². The minimum absolute atomic E-state index is 0.0671. The monoisotopic (exact) mass is 238 g/mol. The maximum absolute atomic E-state index is 11.7. The Balaban J connectivity index is 2.99. The minimum atomic E-state index is -3.78. The lowest BCUT2D eigenvalue weighted by Gasteiger charge is -2.24. The Morgan fingerprint density at radius 3 is 2.40 bits per heavy atom. The van der Waals surface area contributed by atoms with Gasteiger partial charge in [-0.2, -0.15) is 17.0 Å². The number of rotatable bonds is 3. The molecule has 0 aromatic heterocycles. The van der Waals surface area contributed by atoms with Gasteiger partial charge in [-0.25, -0.2) is 0 Å². The van der Waals surface area contributed by atoms with Crippen LogP contribution < -0.4 is 0 Å². The third-order valence-electron chi connectivity index (χ3n) is 2.28. The van der Waals surface area contributed by atoms with Crippen LogP contribution in [0.4, 0.5) is 0 Å². The molecule has 8 heteroatoms. The molecule has 1 fully saturated rings. The van der Waals surface area contributed by atoms with Crippen molar-refractivity contribution >= 4 is 16.2 Å². The van der Waals surface area contributed by atoms with Crippen molar-refractivity contribution in [3.05, 3.63) is 0 Å². The van der Waals surface area contributed by atoms with Gasteiger partial charge in [-0.1, -0.05) is 0 Å². The first kappa shape index (κ1) is 12.4. The first-order chi connectivity index (χ1) is 6.76. The molecular formula is C7H14N2O5S. The zero-order chi connectivity index (χ0) is 11.8. The molecule has 2 atom stereocenters. The zero-order valence-corrected chi connectivity index (χ0v) is 9.31. The van der Waals surface area contributed by atoms with Crippen LogP contribution in [0.5, 0.6) is 0 Å². The predicted molar refractivity (Wildman–Crippen MR) is 51.4 cm³/mol. The molecule has 2 unspecified atom stereocenters. The van der Waals surface area contributed by atoms with Crippen LogP contribution in [0.1, 0.15) is 6.42 Å². The normalized spacial score (nSPS) is 28.5. The van der Waals surface area contributed by atoms with E-state index in [0.717, 1.165) is 8.61 Å². The maximum atomic E-state index is 11.7. The standard InChI is InChI=1S/C7H14N2O5S/c1-8(2)15(13,14)9-4-5(10)3-6(9)7(11)12/h5-6,10H,3-4H2,1-2H3,(H,11,12). The highest BCUT2D eigenvalue weighted by Crippen LogP contribution is 2.22. The van der Waals surface area contributed by atoms with Gasteiger partial charge in [0.15, 0.2) is 0 Å². The average Bonchev–Trinajstić information content (AvgIpc) is 2.47. The second-order valence-electron chi connectivity index (χ2n) is 3.60. The molecule has 1 saturated heterocycles. The molecule has 1 aliphatic rings. The fourth-order valence-corrected chi connectivity index (χ4v) is 2.75. The molecule has 0 spiro atoms. The summed E-state index contributed by atoms with van der Waals surface area (Å²) in [5, 5.41) is 18.1. The Kier molecular flexibility index (Phi) is 3.34. The fraction of sp³-hybridized carbons (Fsp3) is 0.857. The molecule has 88 valence electrons. The summed E-state index contributed by atoms with van der Waals surface area (Å²) >= 11 is 0. The topological polar surface area (TPSA) is 98.2 Å². The summed E-state index contributed by atoms with van der Waals surface area (Å²) in [5.41, 5.74) is 0. The lowest BCUT2D eigenvalue weighted by atomic mass is 10.2. The lowest BCUT2D eigenvalue weighted by molar-refractivity contribution is -0.140. The van der Waals surface area contributed by atoms with Crippen LogP contribution in [-0.2, 0) is 15.0 Å². The van der Waals surface area contributed by atoms with Crippen molar-refractivity contribution in [1.82, 2.24) is 8.61 Å². The van der Waals surface area contributed by atoms with E-state index in [-0.39, 0.29) is 13.0 Å². The minimum Gasteiger partial charge on any atom is -0.480 e. The number of carboxylic acid groups (broad SMARTS) is 1. The summed E-state index contributed by atoms with van der Waals surface area (Å²) < 4.78 is 25.1. The largest absolute Gasteiger partial charge is 0.480 e. The molecule has 1 aliphatic heterocycles. The maximum Gasteiger partial charge on any atom is 0.322 e. The van der Waals surface area contributed by atoms with Crippen LogP contribution in [-0.4, -0.2) is 66.0 Å². The smallest absolute Gasteiger partial charge is 0.322 e. The number of aliphatic hydroxyl groups is 1. The number of hydrogen-bond acceptors (Lipinski definition) is 4. The molecule has 0 radical (unpaired) electrons. The number of β-amino-alcohol motifs (C(OH)–C–C–N with tert-alkyl or cyclic N) is 1. The third-order valence-corrected chi connectivity index (χ3v) is 4.20. The van der Waals surface area contributed by atoms with Crippen molar-refractivity contribution in [3.8, 4) is 0 Å². The molecule has 0 amide bonds. The summed E-state index contributed by atoms with van der Waals surface area (Å²) in [4.78, 5) is 10.8. The molecule has 0 aliphatic carbocycles. The van der Waals surface area contributed by atoms with E-state index in [1.807, 2.05) is 0 Å². The summed E-state index contributed by atoms with van der Waals surface area (Å²) in [5.74, 6) is -1.24. The Labute approximate surface area is 88.1 Å². The van der Waals surface area contributed by atoms with Gasteiger partial charge in [-0.15, -0.1) is 0 Å². The fourth-order valence-electron chi connectivity index (χ4n) is 1.47.